The second-order valence-electron chi connectivity index (χ2n) is 6.83. The van der Waals surface area contributed by atoms with Crippen LogP contribution in [0.15, 0.2) is 30.5 Å². The quantitative estimate of drug-likeness (QED) is 0.928. The van der Waals surface area contributed by atoms with Gasteiger partial charge in [-0.05, 0) is 30.5 Å². The maximum Gasteiger partial charge on any atom is 0.222 e. The van der Waals surface area contributed by atoms with Crippen LogP contribution in [0, 0.1) is 5.41 Å². The number of carbonyl (C=O) groups is 1. The number of nitrogens with zero attached hydrogens (tertiary/aromatic N) is 2. The normalized spacial score (nSPS) is 24.0. The van der Waals surface area contributed by atoms with Crippen molar-refractivity contribution in [3.63, 3.8) is 0 Å². The molecule has 2 saturated heterocycles. The molecular formula is C18H20ClN3O2. The molecule has 3 heterocycles. The van der Waals surface area contributed by atoms with Gasteiger partial charge in [0.05, 0.1) is 18.5 Å². The van der Waals surface area contributed by atoms with Gasteiger partial charge in [0.15, 0.2) is 0 Å². The Hall–Kier alpha value is -1.85. The van der Waals surface area contributed by atoms with E-state index in [1.54, 1.807) is 0 Å². The molecule has 2 fully saturated rings. The Morgan fingerprint density at radius 2 is 2.12 bits per heavy atom. The van der Waals surface area contributed by atoms with E-state index in [2.05, 4.69) is 10.2 Å². The SMILES string of the molecule is O=C1CC[C@@]2(CCOC2)CN1Cc1cn[nH]c1-c1ccc(Cl)cc1. The van der Waals surface area contributed by atoms with E-state index in [0.717, 1.165) is 49.4 Å². The molecular weight excluding hydrogens is 326 g/mol. The smallest absolute Gasteiger partial charge is 0.222 e. The summed E-state index contributed by atoms with van der Waals surface area (Å²) in [5.41, 5.74) is 3.15. The number of hydrogen-bond acceptors (Lipinski definition) is 3. The number of aromatic amines is 1. The fourth-order valence-electron chi connectivity index (χ4n) is 3.72. The Kier molecular flexibility index (Phi) is 4.06. The fraction of sp³-hybridized carbons (Fsp3) is 0.444. The third-order valence-corrected chi connectivity index (χ3v) is 5.40. The molecule has 5 nitrogen and oxygen atoms in total. The Balaban J connectivity index is 1.56. The van der Waals surface area contributed by atoms with E-state index in [0.29, 0.717) is 18.0 Å². The van der Waals surface area contributed by atoms with E-state index in [-0.39, 0.29) is 11.3 Å². The van der Waals surface area contributed by atoms with E-state index in [9.17, 15) is 4.79 Å². The fourth-order valence-corrected chi connectivity index (χ4v) is 3.85. The van der Waals surface area contributed by atoms with Crippen LogP contribution in [0.25, 0.3) is 11.3 Å². The first-order chi connectivity index (χ1) is 11.7. The van der Waals surface area contributed by atoms with Crippen LogP contribution in [0.3, 0.4) is 0 Å². The highest BCUT2D eigenvalue weighted by Gasteiger charge is 2.41. The number of halogens is 1. The first kappa shape index (κ1) is 15.7. The van der Waals surface area contributed by atoms with E-state index >= 15 is 0 Å². The third-order valence-electron chi connectivity index (χ3n) is 5.15. The van der Waals surface area contributed by atoms with Crippen LogP contribution in [-0.4, -0.2) is 40.8 Å². The van der Waals surface area contributed by atoms with Crippen LogP contribution in [0.1, 0.15) is 24.8 Å². The zero-order valence-electron chi connectivity index (χ0n) is 13.4. The van der Waals surface area contributed by atoms with Crippen molar-refractivity contribution in [1.82, 2.24) is 15.1 Å². The van der Waals surface area contributed by atoms with Gasteiger partial charge in [-0.1, -0.05) is 23.7 Å². The lowest BCUT2D eigenvalue weighted by Crippen LogP contribution is -2.46. The van der Waals surface area contributed by atoms with Gasteiger partial charge in [-0.3, -0.25) is 9.89 Å². The number of H-pyrrole nitrogens is 1. The molecule has 2 aromatic rings. The lowest BCUT2D eigenvalue weighted by atomic mass is 9.79. The summed E-state index contributed by atoms with van der Waals surface area (Å²) in [6.45, 7) is 2.93. The molecule has 2 aliphatic heterocycles. The molecule has 1 N–H and O–H groups in total. The maximum absolute atomic E-state index is 12.4. The average molecular weight is 346 g/mol. The average Bonchev–Trinajstić information content (AvgIpc) is 3.22. The van der Waals surface area contributed by atoms with Crippen LogP contribution in [0.4, 0.5) is 0 Å². The molecule has 0 aliphatic carbocycles. The minimum absolute atomic E-state index is 0.151. The molecule has 1 aromatic carbocycles. The minimum atomic E-state index is 0.151. The second kappa shape index (κ2) is 6.22. The number of ether oxygens (including phenoxy) is 1. The molecule has 2 aliphatic rings. The van der Waals surface area contributed by atoms with E-state index < -0.39 is 0 Å². The Morgan fingerprint density at radius 1 is 1.29 bits per heavy atom. The summed E-state index contributed by atoms with van der Waals surface area (Å²) in [4.78, 5) is 14.4. The summed E-state index contributed by atoms with van der Waals surface area (Å²) in [5.74, 6) is 0.218. The summed E-state index contributed by atoms with van der Waals surface area (Å²) < 4.78 is 5.59. The van der Waals surface area contributed by atoms with Crippen LogP contribution in [-0.2, 0) is 16.1 Å². The monoisotopic (exact) mass is 345 g/mol. The van der Waals surface area contributed by atoms with E-state index in [1.807, 2.05) is 35.4 Å². The Morgan fingerprint density at radius 3 is 2.88 bits per heavy atom. The van der Waals surface area contributed by atoms with Crippen molar-refractivity contribution >= 4 is 17.5 Å². The van der Waals surface area contributed by atoms with E-state index in [1.165, 1.54) is 0 Å². The first-order valence-corrected chi connectivity index (χ1v) is 8.67. The summed E-state index contributed by atoms with van der Waals surface area (Å²) in [7, 11) is 0. The Bertz CT molecular complexity index is 735. The molecule has 4 rings (SSSR count). The molecule has 1 amide bonds. The standard InChI is InChI=1S/C18H20ClN3O2/c19-15-3-1-13(2-4-15)17-14(9-20-21-17)10-22-11-18(6-5-16(22)23)7-8-24-12-18/h1-4,9H,5-8,10-12H2,(H,20,21)/t18-/m1/s1. The van der Waals surface area contributed by atoms with Gasteiger partial charge in [0.25, 0.3) is 0 Å². The summed E-state index contributed by atoms with van der Waals surface area (Å²) in [6, 6.07) is 7.64. The molecule has 0 radical (unpaired) electrons. The van der Waals surface area contributed by atoms with Crippen molar-refractivity contribution in [1.29, 1.82) is 0 Å². The van der Waals surface area contributed by atoms with Crippen LogP contribution in [0.5, 0.6) is 0 Å². The topological polar surface area (TPSA) is 58.2 Å². The molecule has 126 valence electrons. The minimum Gasteiger partial charge on any atom is -0.381 e. The number of amides is 1. The molecule has 24 heavy (non-hydrogen) atoms. The molecule has 0 bridgehead atoms. The molecule has 0 saturated carbocycles. The van der Waals surface area contributed by atoms with Crippen LogP contribution < -0.4 is 0 Å². The number of hydrogen-bond donors (Lipinski definition) is 1. The van der Waals surface area contributed by atoms with Gasteiger partial charge in [-0.15, -0.1) is 0 Å². The lowest BCUT2D eigenvalue weighted by Gasteiger charge is -2.39. The van der Waals surface area contributed by atoms with Gasteiger partial charge in [-0.25, -0.2) is 0 Å². The molecule has 1 atom stereocenters. The van der Waals surface area contributed by atoms with Gasteiger partial charge in [0.2, 0.25) is 5.91 Å². The Labute approximate surface area is 145 Å². The highest BCUT2D eigenvalue weighted by atomic mass is 35.5. The zero-order valence-corrected chi connectivity index (χ0v) is 14.2. The summed E-state index contributed by atoms with van der Waals surface area (Å²) in [6.07, 6.45) is 4.41. The zero-order chi connectivity index (χ0) is 16.6. The van der Waals surface area contributed by atoms with Crippen molar-refractivity contribution in [2.24, 2.45) is 5.41 Å². The van der Waals surface area contributed by atoms with Gasteiger partial charge < -0.3 is 9.64 Å². The predicted octanol–water partition coefficient (Wildman–Crippen LogP) is 3.26. The number of likely N-dealkylation sites (tertiary alicyclic amines) is 1. The molecule has 0 unspecified atom stereocenters. The molecule has 6 heteroatoms. The van der Waals surface area contributed by atoms with Crippen LogP contribution in [0.2, 0.25) is 5.02 Å². The van der Waals surface area contributed by atoms with Gasteiger partial charge in [0, 0.05) is 42.1 Å². The molecule has 1 aromatic heterocycles. The molecule has 1 spiro atoms. The number of benzene rings is 1. The van der Waals surface area contributed by atoms with Crippen molar-refractivity contribution in [3.8, 4) is 11.3 Å². The summed E-state index contributed by atoms with van der Waals surface area (Å²) >= 11 is 5.97. The number of aromatic nitrogens is 2. The second-order valence-corrected chi connectivity index (χ2v) is 7.27. The third kappa shape index (κ3) is 2.94. The lowest BCUT2D eigenvalue weighted by molar-refractivity contribution is -0.138. The predicted molar refractivity (Wildman–Crippen MR) is 91.6 cm³/mol. The highest BCUT2D eigenvalue weighted by molar-refractivity contribution is 6.30. The summed E-state index contributed by atoms with van der Waals surface area (Å²) in [5, 5.41) is 7.93. The van der Waals surface area contributed by atoms with Gasteiger partial charge in [0.1, 0.15) is 0 Å². The maximum atomic E-state index is 12.4. The number of piperidine rings is 1. The number of nitrogens with one attached hydrogen (secondary N) is 1. The van der Waals surface area contributed by atoms with Crippen molar-refractivity contribution in [2.75, 3.05) is 19.8 Å². The highest BCUT2D eigenvalue weighted by Crippen LogP contribution is 2.38. The van der Waals surface area contributed by atoms with Gasteiger partial charge >= 0.3 is 0 Å². The van der Waals surface area contributed by atoms with Crippen LogP contribution >= 0.6 is 11.6 Å². The van der Waals surface area contributed by atoms with E-state index in [4.69, 9.17) is 16.3 Å². The largest absolute Gasteiger partial charge is 0.381 e. The van der Waals surface area contributed by atoms with Crippen molar-refractivity contribution in [2.45, 2.75) is 25.8 Å². The first-order valence-electron chi connectivity index (χ1n) is 8.29. The van der Waals surface area contributed by atoms with Crippen molar-refractivity contribution < 1.29 is 9.53 Å². The van der Waals surface area contributed by atoms with Crippen molar-refractivity contribution in [3.05, 3.63) is 41.0 Å². The van der Waals surface area contributed by atoms with Gasteiger partial charge in [-0.2, -0.15) is 5.10 Å². The number of rotatable bonds is 3. The number of carbonyl (C=O) groups excluding carboxylic acids is 1.